The molecule has 2 saturated heterocycles. The van der Waals surface area contributed by atoms with E-state index in [2.05, 4.69) is 22.5 Å². The van der Waals surface area contributed by atoms with E-state index >= 15 is 0 Å². The Morgan fingerprint density at radius 3 is 2.77 bits per heavy atom. The first-order valence-corrected chi connectivity index (χ1v) is 9.63. The SMILES string of the molecule is CCCN1CCC(CNC2CCCC2C2COCCN2)CC1. The molecule has 128 valence electrons. The Balaban J connectivity index is 1.39. The van der Waals surface area contributed by atoms with E-state index in [4.69, 9.17) is 4.74 Å². The molecular weight excluding hydrogens is 274 g/mol. The van der Waals surface area contributed by atoms with Gasteiger partial charge in [-0.15, -0.1) is 0 Å². The van der Waals surface area contributed by atoms with E-state index in [1.165, 1.54) is 64.7 Å². The van der Waals surface area contributed by atoms with Gasteiger partial charge >= 0.3 is 0 Å². The van der Waals surface area contributed by atoms with Gasteiger partial charge in [0.2, 0.25) is 0 Å². The third-order valence-electron chi connectivity index (χ3n) is 5.95. The van der Waals surface area contributed by atoms with Crippen LogP contribution in [0.2, 0.25) is 0 Å². The highest BCUT2D eigenvalue weighted by molar-refractivity contribution is 4.92. The highest BCUT2D eigenvalue weighted by Crippen LogP contribution is 2.30. The van der Waals surface area contributed by atoms with Crippen LogP contribution in [0.4, 0.5) is 0 Å². The summed E-state index contributed by atoms with van der Waals surface area (Å²) in [6.07, 6.45) is 8.17. The quantitative estimate of drug-likeness (QED) is 0.785. The summed E-state index contributed by atoms with van der Waals surface area (Å²) in [6.45, 7) is 10.3. The zero-order valence-corrected chi connectivity index (χ0v) is 14.4. The molecule has 4 heteroatoms. The van der Waals surface area contributed by atoms with Gasteiger partial charge in [-0.1, -0.05) is 13.3 Å². The van der Waals surface area contributed by atoms with Gasteiger partial charge in [-0.05, 0) is 70.1 Å². The van der Waals surface area contributed by atoms with Crippen molar-refractivity contribution in [3.8, 4) is 0 Å². The molecule has 0 aromatic rings. The molecule has 4 nitrogen and oxygen atoms in total. The van der Waals surface area contributed by atoms with Crippen molar-refractivity contribution < 1.29 is 4.74 Å². The van der Waals surface area contributed by atoms with E-state index in [1.807, 2.05) is 0 Å². The Hall–Kier alpha value is -0.160. The van der Waals surface area contributed by atoms with E-state index < -0.39 is 0 Å². The fourth-order valence-electron chi connectivity index (χ4n) is 4.63. The maximum Gasteiger partial charge on any atom is 0.0623 e. The minimum Gasteiger partial charge on any atom is -0.379 e. The summed E-state index contributed by atoms with van der Waals surface area (Å²) in [5.41, 5.74) is 0. The molecule has 0 spiro atoms. The summed E-state index contributed by atoms with van der Waals surface area (Å²) < 4.78 is 5.68. The van der Waals surface area contributed by atoms with E-state index in [0.29, 0.717) is 12.1 Å². The van der Waals surface area contributed by atoms with E-state index in [0.717, 1.165) is 31.6 Å². The highest BCUT2D eigenvalue weighted by Gasteiger charge is 2.34. The largest absolute Gasteiger partial charge is 0.379 e. The normalized spacial score (nSPS) is 35.0. The van der Waals surface area contributed by atoms with Gasteiger partial charge in [-0.2, -0.15) is 0 Å². The van der Waals surface area contributed by atoms with Crippen molar-refractivity contribution in [1.29, 1.82) is 0 Å². The van der Waals surface area contributed by atoms with Crippen molar-refractivity contribution in [2.75, 3.05) is 45.9 Å². The maximum absolute atomic E-state index is 5.68. The van der Waals surface area contributed by atoms with Crippen molar-refractivity contribution in [1.82, 2.24) is 15.5 Å². The summed E-state index contributed by atoms with van der Waals surface area (Å²) in [5, 5.41) is 7.61. The Labute approximate surface area is 136 Å². The van der Waals surface area contributed by atoms with Crippen molar-refractivity contribution in [2.24, 2.45) is 11.8 Å². The van der Waals surface area contributed by atoms with Crippen LogP contribution in [0.25, 0.3) is 0 Å². The minimum atomic E-state index is 0.583. The molecule has 2 aliphatic heterocycles. The van der Waals surface area contributed by atoms with E-state index in [1.54, 1.807) is 0 Å². The van der Waals surface area contributed by atoms with Crippen LogP contribution in [0.3, 0.4) is 0 Å². The van der Waals surface area contributed by atoms with Crippen LogP contribution < -0.4 is 10.6 Å². The Bertz CT molecular complexity index is 311. The van der Waals surface area contributed by atoms with Crippen LogP contribution in [0, 0.1) is 11.8 Å². The second-order valence-corrected chi connectivity index (χ2v) is 7.53. The molecule has 2 N–H and O–H groups in total. The van der Waals surface area contributed by atoms with Crippen LogP contribution in [-0.2, 0) is 4.74 Å². The monoisotopic (exact) mass is 309 g/mol. The number of morpholine rings is 1. The van der Waals surface area contributed by atoms with Crippen LogP contribution in [0.15, 0.2) is 0 Å². The molecule has 0 radical (unpaired) electrons. The molecule has 3 atom stereocenters. The van der Waals surface area contributed by atoms with Crippen molar-refractivity contribution >= 4 is 0 Å². The number of likely N-dealkylation sites (tertiary alicyclic amines) is 1. The smallest absolute Gasteiger partial charge is 0.0623 e. The van der Waals surface area contributed by atoms with Gasteiger partial charge in [0, 0.05) is 18.6 Å². The summed E-state index contributed by atoms with van der Waals surface area (Å²) in [4.78, 5) is 2.64. The first kappa shape index (κ1) is 16.7. The van der Waals surface area contributed by atoms with E-state index in [-0.39, 0.29) is 0 Å². The summed E-state index contributed by atoms with van der Waals surface area (Å²) in [5.74, 6) is 1.67. The average molecular weight is 309 g/mol. The summed E-state index contributed by atoms with van der Waals surface area (Å²) in [6, 6.07) is 1.30. The number of hydrogen-bond donors (Lipinski definition) is 2. The Kier molecular flexibility index (Phi) is 6.54. The molecule has 0 aromatic carbocycles. The second kappa shape index (κ2) is 8.62. The lowest BCUT2D eigenvalue weighted by Crippen LogP contribution is -2.51. The molecule has 1 aliphatic carbocycles. The number of piperidine rings is 1. The topological polar surface area (TPSA) is 36.5 Å². The Morgan fingerprint density at radius 1 is 1.18 bits per heavy atom. The number of ether oxygens (including phenoxy) is 1. The van der Waals surface area contributed by atoms with Gasteiger partial charge in [0.1, 0.15) is 0 Å². The van der Waals surface area contributed by atoms with Gasteiger partial charge in [-0.3, -0.25) is 0 Å². The highest BCUT2D eigenvalue weighted by atomic mass is 16.5. The van der Waals surface area contributed by atoms with Gasteiger partial charge < -0.3 is 20.3 Å². The van der Waals surface area contributed by atoms with Gasteiger partial charge in [0.15, 0.2) is 0 Å². The fraction of sp³-hybridized carbons (Fsp3) is 1.00. The van der Waals surface area contributed by atoms with Crippen LogP contribution >= 0.6 is 0 Å². The van der Waals surface area contributed by atoms with Gasteiger partial charge in [0.05, 0.1) is 13.2 Å². The lowest BCUT2D eigenvalue weighted by atomic mass is 9.92. The predicted molar refractivity (Wildman–Crippen MR) is 91.2 cm³/mol. The molecule has 0 aromatic heterocycles. The first-order valence-electron chi connectivity index (χ1n) is 9.63. The number of hydrogen-bond acceptors (Lipinski definition) is 4. The molecule has 3 rings (SSSR count). The number of nitrogens with one attached hydrogen (secondary N) is 2. The predicted octanol–water partition coefficient (Wildman–Crippen LogP) is 1.86. The van der Waals surface area contributed by atoms with Crippen molar-refractivity contribution in [3.63, 3.8) is 0 Å². The minimum absolute atomic E-state index is 0.583. The van der Waals surface area contributed by atoms with Crippen LogP contribution in [0.1, 0.15) is 45.4 Å². The first-order chi connectivity index (χ1) is 10.9. The summed E-state index contributed by atoms with van der Waals surface area (Å²) >= 11 is 0. The third-order valence-corrected chi connectivity index (χ3v) is 5.95. The second-order valence-electron chi connectivity index (χ2n) is 7.53. The van der Waals surface area contributed by atoms with Gasteiger partial charge in [-0.25, -0.2) is 0 Å². The maximum atomic E-state index is 5.68. The van der Waals surface area contributed by atoms with Crippen molar-refractivity contribution in [3.05, 3.63) is 0 Å². The van der Waals surface area contributed by atoms with Crippen molar-refractivity contribution in [2.45, 2.75) is 57.5 Å². The van der Waals surface area contributed by atoms with Crippen LogP contribution in [-0.4, -0.2) is 62.9 Å². The molecule has 0 amide bonds. The molecule has 3 fully saturated rings. The van der Waals surface area contributed by atoms with Gasteiger partial charge in [0.25, 0.3) is 0 Å². The third kappa shape index (κ3) is 4.44. The molecule has 3 aliphatic rings. The molecule has 2 heterocycles. The molecule has 0 bridgehead atoms. The molecule has 3 unspecified atom stereocenters. The summed E-state index contributed by atoms with van der Waals surface area (Å²) in [7, 11) is 0. The molecule has 1 saturated carbocycles. The Morgan fingerprint density at radius 2 is 2.05 bits per heavy atom. The molecule has 22 heavy (non-hydrogen) atoms. The average Bonchev–Trinajstić information content (AvgIpc) is 3.04. The number of nitrogens with zero attached hydrogens (tertiary/aromatic N) is 1. The zero-order valence-electron chi connectivity index (χ0n) is 14.4. The zero-order chi connectivity index (χ0) is 15.2. The fourth-order valence-corrected chi connectivity index (χ4v) is 4.63. The van der Waals surface area contributed by atoms with E-state index in [9.17, 15) is 0 Å². The lowest BCUT2D eigenvalue weighted by Gasteiger charge is -2.35. The van der Waals surface area contributed by atoms with Crippen LogP contribution in [0.5, 0.6) is 0 Å². The number of rotatable bonds is 6. The lowest BCUT2D eigenvalue weighted by molar-refractivity contribution is 0.0519. The molecular formula is C18H35N3O. The standard InChI is InChI=1S/C18H35N3O/c1-2-9-21-10-6-15(7-11-21)13-20-17-5-3-4-16(17)18-14-22-12-8-19-18/h15-20H,2-14H2,1H3.